The largest absolute Gasteiger partial charge is 0.324 e. The minimum absolute atomic E-state index is 0.204. The molecule has 0 aliphatic rings. The third kappa shape index (κ3) is 3.35. The molecule has 0 radical (unpaired) electrons. The van der Waals surface area contributed by atoms with Crippen molar-refractivity contribution < 1.29 is 9.18 Å². The van der Waals surface area contributed by atoms with Crippen molar-refractivity contribution in [1.82, 2.24) is 9.55 Å². The van der Waals surface area contributed by atoms with Gasteiger partial charge in [-0.2, -0.15) is 0 Å². The molecule has 1 heterocycles. The minimum atomic E-state index is -0.440. The number of benzene rings is 2. The van der Waals surface area contributed by atoms with Crippen LogP contribution in [0.1, 0.15) is 5.56 Å². The number of fused-ring (bicyclic) bond motifs is 1. The zero-order chi connectivity index (χ0) is 17.3. The van der Waals surface area contributed by atoms with Gasteiger partial charge in [0.15, 0.2) is 0 Å². The highest BCUT2D eigenvalue weighted by atomic mass is 79.9. The minimum Gasteiger partial charge on any atom is -0.324 e. The number of aromatic nitrogens is 2. The molecule has 0 aliphatic carbocycles. The average Bonchev–Trinajstić information content (AvgIpc) is 2.54. The first kappa shape index (κ1) is 16.3. The van der Waals surface area contributed by atoms with Crippen molar-refractivity contribution in [3.05, 3.63) is 68.9 Å². The van der Waals surface area contributed by atoms with E-state index in [4.69, 9.17) is 0 Å². The van der Waals surface area contributed by atoms with E-state index in [0.717, 1.165) is 10.0 Å². The van der Waals surface area contributed by atoms with E-state index in [9.17, 15) is 14.0 Å². The second-order valence-corrected chi connectivity index (χ2v) is 6.26. The van der Waals surface area contributed by atoms with E-state index in [1.165, 1.54) is 23.0 Å². The van der Waals surface area contributed by atoms with Crippen molar-refractivity contribution in [2.24, 2.45) is 0 Å². The van der Waals surface area contributed by atoms with Crippen LogP contribution in [-0.2, 0) is 11.3 Å². The summed E-state index contributed by atoms with van der Waals surface area (Å²) in [6.07, 6.45) is 1.33. The summed E-state index contributed by atoms with van der Waals surface area (Å²) in [5, 5.41) is 3.03. The lowest BCUT2D eigenvalue weighted by Gasteiger charge is -2.10. The molecule has 2 aromatic carbocycles. The number of nitrogens with one attached hydrogen (secondary N) is 1. The summed E-state index contributed by atoms with van der Waals surface area (Å²) in [5.74, 6) is -0.868. The Balaban J connectivity index is 1.87. The molecule has 0 fully saturated rings. The molecular weight excluding hydrogens is 377 g/mol. The zero-order valence-corrected chi connectivity index (χ0v) is 14.3. The lowest BCUT2D eigenvalue weighted by Crippen LogP contribution is -2.28. The van der Waals surface area contributed by atoms with Gasteiger partial charge in [0, 0.05) is 10.2 Å². The molecule has 0 saturated carbocycles. The van der Waals surface area contributed by atoms with E-state index < -0.39 is 11.7 Å². The van der Waals surface area contributed by atoms with Gasteiger partial charge in [0.25, 0.3) is 5.56 Å². The lowest BCUT2D eigenvalue weighted by molar-refractivity contribution is -0.116. The molecular formula is C17H13BrFN3O2. The van der Waals surface area contributed by atoms with Crippen LogP contribution in [0.5, 0.6) is 0 Å². The summed E-state index contributed by atoms with van der Waals surface area (Å²) in [7, 11) is 0. The first-order valence-corrected chi connectivity index (χ1v) is 7.94. The number of halogens is 2. The fourth-order valence-electron chi connectivity index (χ4n) is 2.32. The third-order valence-corrected chi connectivity index (χ3v) is 4.07. The van der Waals surface area contributed by atoms with E-state index in [0.29, 0.717) is 16.6 Å². The van der Waals surface area contributed by atoms with Crippen molar-refractivity contribution in [2.45, 2.75) is 13.5 Å². The molecule has 0 saturated heterocycles. The number of carbonyl (C=O) groups excluding carboxylic acids is 1. The molecule has 0 unspecified atom stereocenters. The van der Waals surface area contributed by atoms with E-state index in [2.05, 4.69) is 26.2 Å². The van der Waals surface area contributed by atoms with Gasteiger partial charge in [-0.05, 0) is 42.8 Å². The van der Waals surface area contributed by atoms with Crippen LogP contribution in [0.4, 0.5) is 10.1 Å². The smallest absolute Gasteiger partial charge is 0.261 e. The predicted molar refractivity (Wildman–Crippen MR) is 93.5 cm³/mol. The van der Waals surface area contributed by atoms with E-state index in [1.54, 1.807) is 31.2 Å². The van der Waals surface area contributed by atoms with Crippen molar-refractivity contribution in [2.75, 3.05) is 5.32 Å². The molecule has 3 rings (SSSR count). The number of carbonyl (C=O) groups is 1. The van der Waals surface area contributed by atoms with Gasteiger partial charge >= 0.3 is 0 Å². The highest BCUT2D eigenvalue weighted by Crippen LogP contribution is 2.16. The van der Waals surface area contributed by atoms with Gasteiger partial charge in [-0.15, -0.1) is 0 Å². The molecule has 0 aliphatic heterocycles. The average molecular weight is 390 g/mol. The van der Waals surface area contributed by atoms with Gasteiger partial charge in [-0.25, -0.2) is 9.37 Å². The van der Waals surface area contributed by atoms with Crippen LogP contribution in [0.25, 0.3) is 10.9 Å². The van der Waals surface area contributed by atoms with E-state index in [-0.39, 0.29) is 12.1 Å². The maximum absolute atomic E-state index is 13.3. The summed E-state index contributed by atoms with van der Waals surface area (Å²) in [4.78, 5) is 28.8. The van der Waals surface area contributed by atoms with Crippen LogP contribution in [0.2, 0.25) is 0 Å². The number of hydrogen-bond donors (Lipinski definition) is 1. The Labute approximate surface area is 145 Å². The number of amides is 1. The van der Waals surface area contributed by atoms with Crippen LogP contribution >= 0.6 is 15.9 Å². The van der Waals surface area contributed by atoms with Gasteiger partial charge in [-0.3, -0.25) is 14.2 Å². The molecule has 7 heteroatoms. The molecule has 0 spiro atoms. The maximum Gasteiger partial charge on any atom is 0.261 e. The number of aryl methyl sites for hydroxylation is 1. The lowest BCUT2D eigenvalue weighted by atomic mass is 10.2. The topological polar surface area (TPSA) is 64.0 Å². The van der Waals surface area contributed by atoms with Gasteiger partial charge in [0.1, 0.15) is 12.4 Å². The fourth-order valence-corrected chi connectivity index (χ4v) is 2.68. The molecule has 1 amide bonds. The van der Waals surface area contributed by atoms with Crippen molar-refractivity contribution in [3.63, 3.8) is 0 Å². The summed E-state index contributed by atoms with van der Waals surface area (Å²) < 4.78 is 15.3. The highest BCUT2D eigenvalue weighted by Gasteiger charge is 2.10. The van der Waals surface area contributed by atoms with Crippen molar-refractivity contribution in [1.29, 1.82) is 0 Å². The Bertz CT molecular complexity index is 1000. The first-order valence-electron chi connectivity index (χ1n) is 7.15. The molecule has 24 heavy (non-hydrogen) atoms. The van der Waals surface area contributed by atoms with Gasteiger partial charge in [-0.1, -0.05) is 22.0 Å². The number of nitrogens with zero attached hydrogens (tertiary/aromatic N) is 2. The van der Waals surface area contributed by atoms with Gasteiger partial charge < -0.3 is 5.32 Å². The Morgan fingerprint density at radius 1 is 1.29 bits per heavy atom. The molecule has 3 aromatic rings. The predicted octanol–water partition coefficient (Wildman–Crippen LogP) is 3.25. The molecule has 1 N–H and O–H groups in total. The van der Waals surface area contributed by atoms with E-state index in [1.807, 2.05) is 0 Å². The molecule has 5 nitrogen and oxygen atoms in total. The van der Waals surface area contributed by atoms with Crippen LogP contribution in [0, 0.1) is 12.7 Å². The molecule has 0 atom stereocenters. The number of anilines is 1. The fraction of sp³-hybridized carbons (Fsp3) is 0.118. The number of hydrogen-bond acceptors (Lipinski definition) is 3. The van der Waals surface area contributed by atoms with Crippen LogP contribution in [0.3, 0.4) is 0 Å². The third-order valence-electron chi connectivity index (χ3n) is 3.57. The van der Waals surface area contributed by atoms with Gasteiger partial charge in [0.2, 0.25) is 5.91 Å². The Kier molecular flexibility index (Phi) is 4.44. The summed E-state index contributed by atoms with van der Waals surface area (Å²) >= 11 is 3.31. The molecule has 0 bridgehead atoms. The maximum atomic E-state index is 13.3. The van der Waals surface area contributed by atoms with Crippen molar-refractivity contribution in [3.8, 4) is 0 Å². The summed E-state index contributed by atoms with van der Waals surface area (Å²) in [5.41, 5.74) is 1.36. The Morgan fingerprint density at radius 3 is 2.88 bits per heavy atom. The summed E-state index contributed by atoms with van der Waals surface area (Å²) in [6, 6.07) is 9.31. The standard InChI is InChI=1S/C17H13BrFN3O2/c1-10-2-4-12(19)7-15(10)21-16(23)8-22-9-20-14-5-3-11(18)6-13(14)17(22)24/h2-7,9H,8H2,1H3,(H,21,23). The van der Waals surface area contributed by atoms with Crippen LogP contribution in [0.15, 0.2) is 52.0 Å². The van der Waals surface area contributed by atoms with Crippen LogP contribution in [-0.4, -0.2) is 15.5 Å². The number of rotatable bonds is 3. The quantitative estimate of drug-likeness (QED) is 0.747. The molecule has 1 aromatic heterocycles. The normalized spacial score (nSPS) is 10.8. The molecule has 122 valence electrons. The Morgan fingerprint density at radius 2 is 2.08 bits per heavy atom. The van der Waals surface area contributed by atoms with Crippen LogP contribution < -0.4 is 10.9 Å². The highest BCUT2D eigenvalue weighted by molar-refractivity contribution is 9.10. The first-order chi connectivity index (χ1) is 11.4. The van der Waals surface area contributed by atoms with Crippen molar-refractivity contribution >= 4 is 38.4 Å². The Hall–Kier alpha value is -2.54. The van der Waals surface area contributed by atoms with Gasteiger partial charge in [0.05, 0.1) is 17.2 Å². The second-order valence-electron chi connectivity index (χ2n) is 5.35. The SMILES string of the molecule is Cc1ccc(F)cc1NC(=O)Cn1cnc2ccc(Br)cc2c1=O. The zero-order valence-electron chi connectivity index (χ0n) is 12.7. The second kappa shape index (κ2) is 6.52. The monoisotopic (exact) mass is 389 g/mol. The summed E-state index contributed by atoms with van der Waals surface area (Å²) in [6.45, 7) is 1.56. The van der Waals surface area contributed by atoms with E-state index >= 15 is 0 Å².